The standard InChI is InChI=1S/C15H23NOSi/c1-5-15(18(3,4)17-2)16-13-9-12-14-10-7-6-8-11-14/h5-12,15-16H,1,13H2,2-4H3. The van der Waals surface area contributed by atoms with E-state index < -0.39 is 8.32 Å². The quantitative estimate of drug-likeness (QED) is 0.601. The van der Waals surface area contributed by atoms with E-state index in [4.69, 9.17) is 4.43 Å². The van der Waals surface area contributed by atoms with Gasteiger partial charge in [-0.2, -0.15) is 0 Å². The molecule has 0 aliphatic heterocycles. The predicted molar refractivity (Wildman–Crippen MR) is 82.0 cm³/mol. The highest BCUT2D eigenvalue weighted by Gasteiger charge is 2.29. The molecule has 1 N–H and O–H groups in total. The Balaban J connectivity index is 2.45. The second-order valence-electron chi connectivity index (χ2n) is 4.74. The van der Waals surface area contributed by atoms with Crippen molar-refractivity contribution in [2.24, 2.45) is 0 Å². The summed E-state index contributed by atoms with van der Waals surface area (Å²) in [5.74, 6) is 0. The van der Waals surface area contributed by atoms with E-state index in [0.29, 0.717) is 0 Å². The summed E-state index contributed by atoms with van der Waals surface area (Å²) in [6.07, 6.45) is 6.20. The molecule has 1 aromatic carbocycles. The largest absolute Gasteiger partial charge is 0.419 e. The molecule has 0 saturated carbocycles. The average molecular weight is 261 g/mol. The molecule has 3 heteroatoms. The van der Waals surface area contributed by atoms with Crippen LogP contribution in [0.25, 0.3) is 6.08 Å². The summed E-state index contributed by atoms with van der Waals surface area (Å²) in [4.78, 5) is 0. The lowest BCUT2D eigenvalue weighted by molar-refractivity contribution is 0.391. The molecule has 0 spiro atoms. The molecule has 1 atom stereocenters. The van der Waals surface area contributed by atoms with Crippen LogP contribution < -0.4 is 5.32 Å². The molecule has 1 unspecified atom stereocenters. The van der Waals surface area contributed by atoms with Crippen LogP contribution in [-0.4, -0.2) is 27.6 Å². The van der Waals surface area contributed by atoms with Crippen molar-refractivity contribution in [1.82, 2.24) is 5.32 Å². The number of nitrogens with one attached hydrogen (secondary N) is 1. The van der Waals surface area contributed by atoms with Crippen molar-refractivity contribution in [1.29, 1.82) is 0 Å². The van der Waals surface area contributed by atoms with Gasteiger partial charge in [0.2, 0.25) is 8.32 Å². The summed E-state index contributed by atoms with van der Waals surface area (Å²) in [7, 11) is 0.0829. The van der Waals surface area contributed by atoms with Gasteiger partial charge >= 0.3 is 0 Å². The zero-order valence-electron chi connectivity index (χ0n) is 11.5. The van der Waals surface area contributed by atoms with Crippen LogP contribution in [0.15, 0.2) is 49.1 Å². The molecule has 0 radical (unpaired) electrons. The van der Waals surface area contributed by atoms with Gasteiger partial charge in [-0.25, -0.2) is 0 Å². The summed E-state index contributed by atoms with van der Waals surface area (Å²) >= 11 is 0. The molecule has 0 saturated heterocycles. The van der Waals surface area contributed by atoms with Crippen LogP contribution >= 0.6 is 0 Å². The molecule has 0 bridgehead atoms. The first-order chi connectivity index (χ1) is 8.60. The molecule has 0 aromatic heterocycles. The molecule has 0 aliphatic rings. The van der Waals surface area contributed by atoms with Gasteiger partial charge in [0.1, 0.15) is 0 Å². The fourth-order valence-corrected chi connectivity index (χ4v) is 3.13. The summed E-state index contributed by atoms with van der Waals surface area (Å²) in [6, 6.07) is 10.3. The summed E-state index contributed by atoms with van der Waals surface area (Å²) in [5, 5.41) is 3.46. The van der Waals surface area contributed by atoms with Crippen molar-refractivity contribution in [3.8, 4) is 0 Å². The lowest BCUT2D eigenvalue weighted by atomic mass is 10.2. The van der Waals surface area contributed by atoms with E-state index in [-0.39, 0.29) is 5.67 Å². The van der Waals surface area contributed by atoms with E-state index in [2.05, 4.69) is 49.3 Å². The molecular formula is C15H23NOSi. The van der Waals surface area contributed by atoms with Crippen molar-refractivity contribution < 1.29 is 4.43 Å². The maximum absolute atomic E-state index is 5.59. The van der Waals surface area contributed by atoms with Crippen molar-refractivity contribution in [2.75, 3.05) is 13.7 Å². The third-order valence-corrected chi connectivity index (χ3v) is 6.07. The molecular weight excluding hydrogens is 238 g/mol. The molecule has 0 aliphatic carbocycles. The van der Waals surface area contributed by atoms with Gasteiger partial charge in [0.05, 0.1) is 0 Å². The molecule has 2 nitrogen and oxygen atoms in total. The molecule has 98 valence electrons. The second-order valence-corrected chi connectivity index (χ2v) is 8.98. The Hall–Kier alpha value is -1.16. The van der Waals surface area contributed by atoms with E-state index in [1.165, 1.54) is 5.56 Å². The van der Waals surface area contributed by atoms with Crippen LogP contribution in [-0.2, 0) is 4.43 Å². The summed E-state index contributed by atoms with van der Waals surface area (Å²) < 4.78 is 5.59. The van der Waals surface area contributed by atoms with E-state index >= 15 is 0 Å². The number of benzene rings is 1. The highest BCUT2D eigenvalue weighted by atomic mass is 28.4. The molecule has 0 heterocycles. The number of hydrogen-bond donors (Lipinski definition) is 1. The summed E-state index contributed by atoms with van der Waals surface area (Å²) in [6.45, 7) is 9.08. The van der Waals surface area contributed by atoms with Crippen LogP contribution in [0, 0.1) is 0 Å². The molecule has 1 aromatic rings. The normalized spacial score (nSPS) is 13.7. The highest BCUT2D eigenvalue weighted by Crippen LogP contribution is 2.09. The monoisotopic (exact) mass is 261 g/mol. The average Bonchev–Trinajstić information content (AvgIpc) is 2.39. The molecule has 1 rings (SSSR count). The van der Waals surface area contributed by atoms with Gasteiger partial charge in [-0.15, -0.1) is 6.58 Å². The van der Waals surface area contributed by atoms with Gasteiger partial charge in [-0.05, 0) is 18.7 Å². The van der Waals surface area contributed by atoms with Crippen LogP contribution in [0.2, 0.25) is 13.1 Å². The fraction of sp³-hybridized carbons (Fsp3) is 0.333. The minimum Gasteiger partial charge on any atom is -0.419 e. The van der Waals surface area contributed by atoms with Gasteiger partial charge < -0.3 is 9.74 Å². The maximum atomic E-state index is 5.59. The molecule has 0 amide bonds. The van der Waals surface area contributed by atoms with Gasteiger partial charge in [-0.3, -0.25) is 0 Å². The van der Waals surface area contributed by atoms with Crippen LogP contribution in [0.1, 0.15) is 5.56 Å². The van der Waals surface area contributed by atoms with E-state index in [1.807, 2.05) is 24.3 Å². The maximum Gasteiger partial charge on any atom is 0.206 e. The minimum atomic E-state index is -1.70. The van der Waals surface area contributed by atoms with Crippen LogP contribution in [0.4, 0.5) is 0 Å². The van der Waals surface area contributed by atoms with Gasteiger partial charge in [0, 0.05) is 19.3 Å². The number of rotatable bonds is 7. The topological polar surface area (TPSA) is 21.3 Å². The molecule has 18 heavy (non-hydrogen) atoms. The first kappa shape index (κ1) is 14.9. The highest BCUT2D eigenvalue weighted by molar-refractivity contribution is 6.73. The number of hydrogen-bond acceptors (Lipinski definition) is 2. The fourth-order valence-electron chi connectivity index (χ4n) is 1.69. The first-order valence-electron chi connectivity index (χ1n) is 6.23. The van der Waals surface area contributed by atoms with Crippen molar-refractivity contribution in [3.05, 3.63) is 54.6 Å². The van der Waals surface area contributed by atoms with E-state index in [9.17, 15) is 0 Å². The van der Waals surface area contributed by atoms with E-state index in [0.717, 1.165) is 6.54 Å². The minimum absolute atomic E-state index is 0.267. The lowest BCUT2D eigenvalue weighted by Gasteiger charge is -2.28. The SMILES string of the molecule is C=CC(NCC=Cc1ccccc1)[Si](C)(C)OC. The van der Waals surface area contributed by atoms with Gasteiger partial charge in [0.25, 0.3) is 0 Å². The van der Waals surface area contributed by atoms with Crippen molar-refractivity contribution >= 4 is 14.4 Å². The Morgan fingerprint density at radius 3 is 2.56 bits per heavy atom. The molecule has 0 fully saturated rings. The smallest absolute Gasteiger partial charge is 0.206 e. The third-order valence-electron chi connectivity index (χ3n) is 3.08. The zero-order valence-corrected chi connectivity index (χ0v) is 12.5. The predicted octanol–water partition coefficient (Wildman–Crippen LogP) is 3.23. The lowest BCUT2D eigenvalue weighted by Crippen LogP contribution is -2.51. The Kier molecular flexibility index (Phi) is 6.05. The zero-order chi connectivity index (χ0) is 13.4. The Bertz CT molecular complexity index is 387. The third kappa shape index (κ3) is 4.60. The Morgan fingerprint density at radius 2 is 2.00 bits per heavy atom. The van der Waals surface area contributed by atoms with Gasteiger partial charge in [0.15, 0.2) is 0 Å². The summed E-state index contributed by atoms with van der Waals surface area (Å²) in [5.41, 5.74) is 1.49. The Labute approximate surface area is 112 Å². The van der Waals surface area contributed by atoms with Crippen LogP contribution in [0.3, 0.4) is 0 Å². The van der Waals surface area contributed by atoms with Gasteiger partial charge in [-0.1, -0.05) is 48.6 Å². The van der Waals surface area contributed by atoms with Crippen molar-refractivity contribution in [3.63, 3.8) is 0 Å². The Morgan fingerprint density at radius 1 is 1.33 bits per heavy atom. The van der Waals surface area contributed by atoms with Crippen LogP contribution in [0.5, 0.6) is 0 Å². The first-order valence-corrected chi connectivity index (χ1v) is 9.21. The second kappa shape index (κ2) is 7.31. The van der Waals surface area contributed by atoms with E-state index in [1.54, 1.807) is 7.11 Å². The van der Waals surface area contributed by atoms with Crippen molar-refractivity contribution in [2.45, 2.75) is 18.8 Å².